The number of carbonyl (C=O) groups excluding carboxylic acids is 1. The van der Waals surface area contributed by atoms with Gasteiger partial charge in [-0.25, -0.2) is 0 Å². The molecule has 1 amide bonds. The predicted molar refractivity (Wildman–Crippen MR) is 87.2 cm³/mol. The van der Waals surface area contributed by atoms with Gasteiger partial charge in [0.15, 0.2) is 0 Å². The normalized spacial score (nSPS) is 11.8. The first-order valence-electron chi connectivity index (χ1n) is 6.89. The lowest BCUT2D eigenvalue weighted by Gasteiger charge is -2.22. The maximum absolute atomic E-state index is 11.9. The lowest BCUT2D eigenvalue weighted by molar-refractivity contribution is -0.121. The predicted octanol–water partition coefficient (Wildman–Crippen LogP) is 3.36. The lowest BCUT2D eigenvalue weighted by atomic mass is 10.1. The van der Waals surface area contributed by atoms with E-state index in [2.05, 4.69) is 42.5 Å². The zero-order valence-corrected chi connectivity index (χ0v) is 13.1. The Morgan fingerprint density at radius 3 is 2.85 bits per heavy atom. The highest BCUT2D eigenvalue weighted by atomic mass is 32.2. The van der Waals surface area contributed by atoms with Crippen LogP contribution in [0.1, 0.15) is 25.8 Å². The molecule has 1 heterocycles. The third kappa shape index (κ3) is 3.79. The van der Waals surface area contributed by atoms with Gasteiger partial charge < -0.3 is 10.3 Å². The second kappa shape index (κ2) is 6.35. The van der Waals surface area contributed by atoms with Crippen LogP contribution in [0.5, 0.6) is 0 Å². The van der Waals surface area contributed by atoms with Crippen molar-refractivity contribution in [1.29, 1.82) is 0 Å². The number of thioether (sulfide) groups is 1. The van der Waals surface area contributed by atoms with Gasteiger partial charge >= 0.3 is 0 Å². The van der Waals surface area contributed by atoms with Crippen LogP contribution in [0.4, 0.5) is 0 Å². The number of aryl methyl sites for hydroxylation is 1. The van der Waals surface area contributed by atoms with Crippen molar-refractivity contribution in [2.45, 2.75) is 31.4 Å². The minimum atomic E-state index is 0.0937. The van der Waals surface area contributed by atoms with Gasteiger partial charge in [-0.2, -0.15) is 11.8 Å². The summed E-state index contributed by atoms with van der Waals surface area (Å²) in [6.07, 6.45) is 5.38. The molecule has 2 N–H and O–H groups in total. The van der Waals surface area contributed by atoms with E-state index >= 15 is 0 Å². The van der Waals surface area contributed by atoms with E-state index in [0.717, 1.165) is 11.9 Å². The molecule has 1 aromatic carbocycles. The van der Waals surface area contributed by atoms with Gasteiger partial charge in [-0.05, 0) is 38.2 Å². The van der Waals surface area contributed by atoms with Crippen molar-refractivity contribution < 1.29 is 4.79 Å². The van der Waals surface area contributed by atoms with Crippen LogP contribution in [0.25, 0.3) is 10.9 Å². The summed E-state index contributed by atoms with van der Waals surface area (Å²) in [7, 11) is 0. The summed E-state index contributed by atoms with van der Waals surface area (Å²) in [6.45, 7) is 4.98. The zero-order valence-electron chi connectivity index (χ0n) is 12.3. The number of rotatable bonds is 6. The number of hydrogen-bond donors (Lipinski definition) is 2. The number of hydrogen-bond acceptors (Lipinski definition) is 2. The molecule has 1 aromatic heterocycles. The Hall–Kier alpha value is -1.42. The van der Waals surface area contributed by atoms with E-state index < -0.39 is 0 Å². The molecule has 20 heavy (non-hydrogen) atoms. The Morgan fingerprint density at radius 1 is 1.35 bits per heavy atom. The topological polar surface area (TPSA) is 44.9 Å². The van der Waals surface area contributed by atoms with Gasteiger partial charge in [0.2, 0.25) is 5.91 Å². The monoisotopic (exact) mass is 290 g/mol. The van der Waals surface area contributed by atoms with Gasteiger partial charge in [-0.15, -0.1) is 0 Å². The van der Waals surface area contributed by atoms with Gasteiger partial charge in [-0.1, -0.05) is 18.2 Å². The first-order chi connectivity index (χ1) is 9.52. The molecule has 0 radical (unpaired) electrons. The molecular weight excluding hydrogens is 268 g/mol. The molecule has 0 bridgehead atoms. The molecular formula is C16H22N2OS. The summed E-state index contributed by atoms with van der Waals surface area (Å²) >= 11 is 1.77. The van der Waals surface area contributed by atoms with E-state index in [1.54, 1.807) is 11.8 Å². The molecule has 0 aliphatic heterocycles. The maximum atomic E-state index is 11.9. The number of amides is 1. The highest BCUT2D eigenvalue weighted by Gasteiger charge is 2.16. The zero-order chi connectivity index (χ0) is 14.6. The second-order valence-electron chi connectivity index (χ2n) is 5.60. The number of carbonyl (C=O) groups is 1. The van der Waals surface area contributed by atoms with Crippen molar-refractivity contribution in [3.63, 3.8) is 0 Å². The number of benzene rings is 1. The molecule has 0 aliphatic rings. The largest absolute Gasteiger partial charge is 0.361 e. The second-order valence-corrected chi connectivity index (χ2v) is 7.11. The summed E-state index contributed by atoms with van der Waals surface area (Å²) in [5.41, 5.74) is 2.34. The lowest BCUT2D eigenvalue weighted by Crippen LogP contribution is -2.36. The third-order valence-corrected chi connectivity index (χ3v) is 4.81. The standard InChI is InChI=1S/C16H22N2OS/c1-16(2,20-3)11-18-15(19)9-8-12-10-17-14-7-5-4-6-13(12)14/h4-7,10,17H,8-9,11H2,1-3H3,(H,18,19). The van der Waals surface area contributed by atoms with Crippen molar-refractivity contribution in [1.82, 2.24) is 10.3 Å². The number of aromatic amines is 1. The van der Waals surface area contributed by atoms with Crippen LogP contribution < -0.4 is 5.32 Å². The van der Waals surface area contributed by atoms with Gasteiger partial charge in [-0.3, -0.25) is 4.79 Å². The molecule has 0 unspecified atom stereocenters. The minimum absolute atomic E-state index is 0.0937. The molecule has 0 aliphatic carbocycles. The van der Waals surface area contributed by atoms with Crippen LogP contribution in [0.15, 0.2) is 30.5 Å². The van der Waals surface area contributed by atoms with E-state index in [-0.39, 0.29) is 10.7 Å². The van der Waals surface area contributed by atoms with Gasteiger partial charge in [0.1, 0.15) is 0 Å². The van der Waals surface area contributed by atoms with Crippen LogP contribution in [0, 0.1) is 0 Å². The van der Waals surface area contributed by atoms with E-state index in [0.29, 0.717) is 13.0 Å². The van der Waals surface area contributed by atoms with E-state index in [1.165, 1.54) is 10.9 Å². The fourth-order valence-electron chi connectivity index (χ4n) is 2.06. The van der Waals surface area contributed by atoms with E-state index in [9.17, 15) is 4.79 Å². The van der Waals surface area contributed by atoms with Crippen molar-refractivity contribution in [2.24, 2.45) is 0 Å². The first-order valence-corrected chi connectivity index (χ1v) is 8.11. The highest BCUT2D eigenvalue weighted by Crippen LogP contribution is 2.20. The third-order valence-electron chi connectivity index (χ3n) is 3.56. The van der Waals surface area contributed by atoms with Crippen LogP contribution in [-0.2, 0) is 11.2 Å². The molecule has 0 fully saturated rings. The van der Waals surface area contributed by atoms with Gasteiger partial charge in [0, 0.05) is 34.8 Å². The number of para-hydroxylation sites is 1. The summed E-state index contributed by atoms with van der Waals surface area (Å²) in [4.78, 5) is 15.1. The Bertz CT molecular complexity index is 589. The molecule has 3 nitrogen and oxygen atoms in total. The van der Waals surface area contributed by atoms with E-state index in [4.69, 9.17) is 0 Å². The minimum Gasteiger partial charge on any atom is -0.361 e. The molecule has 4 heteroatoms. The number of fused-ring (bicyclic) bond motifs is 1. The maximum Gasteiger partial charge on any atom is 0.220 e. The molecule has 108 valence electrons. The number of aromatic nitrogens is 1. The Morgan fingerprint density at radius 2 is 2.10 bits per heavy atom. The van der Waals surface area contributed by atoms with Crippen LogP contribution in [0.2, 0.25) is 0 Å². The fourth-order valence-corrected chi connectivity index (χ4v) is 2.28. The fraction of sp³-hybridized carbons (Fsp3) is 0.438. The van der Waals surface area contributed by atoms with Crippen LogP contribution >= 0.6 is 11.8 Å². The summed E-state index contributed by atoms with van der Waals surface area (Å²) in [6, 6.07) is 8.19. The SMILES string of the molecule is CSC(C)(C)CNC(=O)CCc1c[nH]c2ccccc12. The van der Waals surface area contributed by atoms with Crippen molar-refractivity contribution in [2.75, 3.05) is 12.8 Å². The molecule has 0 saturated carbocycles. The number of nitrogens with one attached hydrogen (secondary N) is 2. The molecule has 2 rings (SSSR count). The Kier molecular flexibility index (Phi) is 4.76. The van der Waals surface area contributed by atoms with Crippen LogP contribution in [-0.4, -0.2) is 28.4 Å². The van der Waals surface area contributed by atoms with Crippen molar-refractivity contribution in [3.8, 4) is 0 Å². The van der Waals surface area contributed by atoms with Gasteiger partial charge in [0.25, 0.3) is 0 Å². The Balaban J connectivity index is 1.87. The smallest absolute Gasteiger partial charge is 0.220 e. The first kappa shape index (κ1) is 15.0. The van der Waals surface area contributed by atoms with Gasteiger partial charge in [0.05, 0.1) is 0 Å². The summed E-state index contributed by atoms with van der Waals surface area (Å²) in [5.74, 6) is 0.123. The quantitative estimate of drug-likeness (QED) is 0.857. The average molecular weight is 290 g/mol. The molecule has 0 atom stereocenters. The Labute approximate surface area is 124 Å². The average Bonchev–Trinajstić information content (AvgIpc) is 2.86. The van der Waals surface area contributed by atoms with Crippen molar-refractivity contribution >= 4 is 28.6 Å². The molecule has 0 saturated heterocycles. The van der Waals surface area contributed by atoms with E-state index in [1.807, 2.05) is 18.3 Å². The summed E-state index contributed by atoms with van der Waals surface area (Å²) < 4.78 is 0.0937. The highest BCUT2D eigenvalue weighted by molar-refractivity contribution is 7.99. The molecule has 0 spiro atoms. The molecule has 2 aromatic rings. The van der Waals surface area contributed by atoms with Crippen LogP contribution in [0.3, 0.4) is 0 Å². The van der Waals surface area contributed by atoms with Crippen molar-refractivity contribution in [3.05, 3.63) is 36.0 Å². The summed E-state index contributed by atoms with van der Waals surface area (Å²) in [5, 5.41) is 4.23. The number of H-pyrrole nitrogens is 1.